The first kappa shape index (κ1) is 8.79. The molecule has 1 N–H and O–H groups in total. The zero-order valence-electron chi connectivity index (χ0n) is 7.51. The second kappa shape index (κ2) is 3.40. The molecule has 11 heavy (non-hydrogen) atoms. The van der Waals surface area contributed by atoms with Crippen LogP contribution in [0.1, 0.15) is 33.1 Å². The van der Waals surface area contributed by atoms with E-state index in [-0.39, 0.29) is 6.10 Å². The van der Waals surface area contributed by atoms with Crippen LogP contribution in [0, 0.1) is 11.8 Å². The number of aliphatic hydroxyl groups excluding tert-OH is 1. The highest BCUT2D eigenvalue weighted by molar-refractivity contribution is 5.01. The molecule has 3 atom stereocenters. The van der Waals surface area contributed by atoms with E-state index in [2.05, 4.69) is 13.5 Å². The smallest absolute Gasteiger partial charge is 0.0605 e. The van der Waals surface area contributed by atoms with Crippen LogP contribution >= 0.6 is 0 Å². The molecule has 0 amide bonds. The van der Waals surface area contributed by atoms with Gasteiger partial charge in [0, 0.05) is 5.92 Å². The van der Waals surface area contributed by atoms with E-state index in [4.69, 9.17) is 0 Å². The van der Waals surface area contributed by atoms with Crippen molar-refractivity contribution in [2.45, 2.75) is 39.2 Å². The highest BCUT2D eigenvalue weighted by Crippen LogP contribution is 2.32. The summed E-state index contributed by atoms with van der Waals surface area (Å²) in [6.45, 7) is 8.18. The normalized spacial score (nSPS) is 38.6. The second-order valence-corrected chi connectivity index (χ2v) is 3.94. The van der Waals surface area contributed by atoms with Crippen LogP contribution in [0.15, 0.2) is 12.2 Å². The minimum Gasteiger partial charge on any atom is -0.393 e. The first-order valence-electron chi connectivity index (χ1n) is 4.44. The Labute approximate surface area is 69.1 Å². The molecule has 1 rings (SSSR count). The van der Waals surface area contributed by atoms with E-state index in [0.29, 0.717) is 5.92 Å². The van der Waals surface area contributed by atoms with Crippen LogP contribution in [0.2, 0.25) is 0 Å². The lowest BCUT2D eigenvalue weighted by atomic mass is 9.77. The number of aliphatic hydroxyl groups is 1. The van der Waals surface area contributed by atoms with Gasteiger partial charge in [0.15, 0.2) is 0 Å². The first-order chi connectivity index (χ1) is 5.11. The van der Waals surface area contributed by atoms with Crippen molar-refractivity contribution < 1.29 is 5.11 Å². The van der Waals surface area contributed by atoms with E-state index in [9.17, 15) is 5.11 Å². The van der Waals surface area contributed by atoms with Crippen LogP contribution in [-0.4, -0.2) is 11.2 Å². The fraction of sp³-hybridized carbons (Fsp3) is 0.800. The van der Waals surface area contributed by atoms with Gasteiger partial charge in [-0.1, -0.05) is 19.1 Å². The average molecular weight is 154 g/mol. The van der Waals surface area contributed by atoms with Gasteiger partial charge in [0.2, 0.25) is 0 Å². The molecule has 0 spiro atoms. The minimum absolute atomic E-state index is 0.122. The van der Waals surface area contributed by atoms with Crippen LogP contribution in [0.25, 0.3) is 0 Å². The Bertz CT molecular complexity index is 151. The summed E-state index contributed by atoms with van der Waals surface area (Å²) in [4.78, 5) is 0. The maximum atomic E-state index is 9.60. The van der Waals surface area contributed by atoms with E-state index in [1.807, 2.05) is 6.92 Å². The molecule has 0 saturated heterocycles. The van der Waals surface area contributed by atoms with E-state index >= 15 is 0 Å². The van der Waals surface area contributed by atoms with E-state index in [0.717, 1.165) is 24.3 Å². The summed E-state index contributed by atoms with van der Waals surface area (Å²) in [5.74, 6) is 1.12. The lowest BCUT2D eigenvalue weighted by molar-refractivity contribution is 0.0694. The standard InChI is InChI=1S/C10H18O/c1-7(2)9-6-8(3)4-5-10(9)11/h8-11H,1,4-6H2,2-3H3. The van der Waals surface area contributed by atoms with Crippen molar-refractivity contribution in [2.75, 3.05) is 0 Å². The monoisotopic (exact) mass is 154 g/mol. The summed E-state index contributed by atoms with van der Waals surface area (Å²) in [6, 6.07) is 0. The molecule has 0 aliphatic heterocycles. The van der Waals surface area contributed by atoms with E-state index in [1.165, 1.54) is 6.42 Å². The predicted octanol–water partition coefficient (Wildman–Crippen LogP) is 2.36. The summed E-state index contributed by atoms with van der Waals surface area (Å²) in [5.41, 5.74) is 1.14. The summed E-state index contributed by atoms with van der Waals surface area (Å²) < 4.78 is 0. The summed E-state index contributed by atoms with van der Waals surface area (Å²) in [5, 5.41) is 9.60. The van der Waals surface area contributed by atoms with Crippen molar-refractivity contribution in [3.63, 3.8) is 0 Å². The molecule has 1 nitrogen and oxygen atoms in total. The molecule has 1 aliphatic rings. The van der Waals surface area contributed by atoms with E-state index in [1.54, 1.807) is 0 Å². The summed E-state index contributed by atoms with van der Waals surface area (Å²) >= 11 is 0. The molecular weight excluding hydrogens is 136 g/mol. The van der Waals surface area contributed by atoms with Crippen molar-refractivity contribution in [3.8, 4) is 0 Å². The van der Waals surface area contributed by atoms with Crippen molar-refractivity contribution in [1.29, 1.82) is 0 Å². The van der Waals surface area contributed by atoms with Gasteiger partial charge in [-0.15, -0.1) is 0 Å². The molecule has 3 unspecified atom stereocenters. The molecule has 0 aromatic rings. The van der Waals surface area contributed by atoms with Crippen LogP contribution in [0.3, 0.4) is 0 Å². The Hall–Kier alpha value is -0.300. The Morgan fingerprint density at radius 1 is 1.45 bits per heavy atom. The van der Waals surface area contributed by atoms with Crippen molar-refractivity contribution in [2.24, 2.45) is 11.8 Å². The fourth-order valence-electron chi connectivity index (χ4n) is 1.89. The maximum absolute atomic E-state index is 9.60. The molecular formula is C10H18O. The van der Waals surface area contributed by atoms with Gasteiger partial charge in [-0.25, -0.2) is 0 Å². The molecule has 0 heterocycles. The molecule has 1 aliphatic carbocycles. The molecule has 0 aromatic carbocycles. The van der Waals surface area contributed by atoms with Gasteiger partial charge in [-0.2, -0.15) is 0 Å². The molecule has 0 radical (unpaired) electrons. The van der Waals surface area contributed by atoms with Crippen LogP contribution in [-0.2, 0) is 0 Å². The van der Waals surface area contributed by atoms with Crippen LogP contribution in [0.4, 0.5) is 0 Å². The van der Waals surface area contributed by atoms with Gasteiger partial charge in [-0.3, -0.25) is 0 Å². The highest BCUT2D eigenvalue weighted by Gasteiger charge is 2.26. The molecule has 64 valence electrons. The SMILES string of the molecule is C=C(C)C1CC(C)CCC1O. The Morgan fingerprint density at radius 3 is 2.55 bits per heavy atom. The summed E-state index contributed by atoms with van der Waals surface area (Å²) in [7, 11) is 0. The third-order valence-electron chi connectivity index (χ3n) is 2.71. The Morgan fingerprint density at radius 2 is 2.09 bits per heavy atom. The average Bonchev–Trinajstić information content (AvgIpc) is 1.94. The minimum atomic E-state index is -0.122. The highest BCUT2D eigenvalue weighted by atomic mass is 16.3. The molecule has 1 fully saturated rings. The molecule has 1 saturated carbocycles. The number of rotatable bonds is 1. The van der Waals surface area contributed by atoms with Crippen molar-refractivity contribution in [1.82, 2.24) is 0 Å². The van der Waals surface area contributed by atoms with Gasteiger partial charge >= 0.3 is 0 Å². The lowest BCUT2D eigenvalue weighted by Crippen LogP contribution is -2.28. The zero-order valence-corrected chi connectivity index (χ0v) is 7.51. The lowest BCUT2D eigenvalue weighted by Gasteiger charge is -2.31. The van der Waals surface area contributed by atoms with Crippen LogP contribution < -0.4 is 0 Å². The molecule has 0 aromatic heterocycles. The van der Waals surface area contributed by atoms with Crippen LogP contribution in [0.5, 0.6) is 0 Å². The molecule has 1 heteroatoms. The first-order valence-corrected chi connectivity index (χ1v) is 4.44. The topological polar surface area (TPSA) is 20.2 Å². The number of hydrogen-bond donors (Lipinski definition) is 1. The molecule has 0 bridgehead atoms. The number of hydrogen-bond acceptors (Lipinski definition) is 1. The largest absolute Gasteiger partial charge is 0.393 e. The third-order valence-corrected chi connectivity index (χ3v) is 2.71. The van der Waals surface area contributed by atoms with Crippen molar-refractivity contribution in [3.05, 3.63) is 12.2 Å². The second-order valence-electron chi connectivity index (χ2n) is 3.94. The van der Waals surface area contributed by atoms with E-state index < -0.39 is 0 Å². The maximum Gasteiger partial charge on any atom is 0.0605 e. The van der Waals surface area contributed by atoms with Crippen molar-refractivity contribution >= 4 is 0 Å². The third kappa shape index (κ3) is 2.06. The Kier molecular flexibility index (Phi) is 2.72. The Balaban J connectivity index is 2.54. The van der Waals surface area contributed by atoms with Gasteiger partial charge in [-0.05, 0) is 32.1 Å². The van der Waals surface area contributed by atoms with Gasteiger partial charge in [0.1, 0.15) is 0 Å². The van der Waals surface area contributed by atoms with Gasteiger partial charge in [0.25, 0.3) is 0 Å². The predicted molar refractivity (Wildman–Crippen MR) is 47.3 cm³/mol. The van der Waals surface area contributed by atoms with Gasteiger partial charge in [0.05, 0.1) is 6.10 Å². The summed E-state index contributed by atoms with van der Waals surface area (Å²) in [6.07, 6.45) is 3.13. The quantitative estimate of drug-likeness (QED) is 0.575. The zero-order chi connectivity index (χ0) is 8.43. The fourth-order valence-corrected chi connectivity index (χ4v) is 1.89. The van der Waals surface area contributed by atoms with Gasteiger partial charge < -0.3 is 5.11 Å².